The van der Waals surface area contributed by atoms with E-state index in [1.54, 1.807) is 6.20 Å². The number of carbonyl (C=O) groups is 1. The van der Waals surface area contributed by atoms with Crippen LogP contribution in [-0.2, 0) is 4.79 Å². The van der Waals surface area contributed by atoms with Crippen molar-refractivity contribution in [2.75, 3.05) is 5.32 Å². The van der Waals surface area contributed by atoms with Gasteiger partial charge < -0.3 is 11.1 Å². The molecule has 1 amide bonds. The Balaban J connectivity index is 2.09. The molecule has 2 rings (SSSR count). The van der Waals surface area contributed by atoms with Crippen LogP contribution in [0.1, 0.15) is 38.2 Å². The molecule has 19 heavy (non-hydrogen) atoms. The van der Waals surface area contributed by atoms with Crippen molar-refractivity contribution in [1.82, 2.24) is 4.98 Å². The number of nitrogens with one attached hydrogen (secondary N) is 1. The van der Waals surface area contributed by atoms with E-state index in [2.05, 4.69) is 33.2 Å². The maximum absolute atomic E-state index is 12.4. The predicted molar refractivity (Wildman–Crippen MR) is 79.9 cm³/mol. The average molecular weight is 326 g/mol. The summed E-state index contributed by atoms with van der Waals surface area (Å²) in [6.45, 7) is 4.09. The van der Waals surface area contributed by atoms with Gasteiger partial charge in [0.15, 0.2) is 0 Å². The second kappa shape index (κ2) is 5.59. The molecule has 0 radical (unpaired) electrons. The second-order valence-electron chi connectivity index (χ2n) is 5.64. The summed E-state index contributed by atoms with van der Waals surface area (Å²) in [5.41, 5.74) is 7.22. The van der Waals surface area contributed by atoms with Gasteiger partial charge >= 0.3 is 0 Å². The van der Waals surface area contributed by atoms with Crippen LogP contribution in [0.25, 0.3) is 0 Å². The van der Waals surface area contributed by atoms with Crippen molar-refractivity contribution in [3.8, 4) is 0 Å². The van der Waals surface area contributed by atoms with Crippen LogP contribution in [-0.4, -0.2) is 16.4 Å². The summed E-state index contributed by atoms with van der Waals surface area (Å²) in [5.74, 6) is 0.414. The van der Waals surface area contributed by atoms with Crippen molar-refractivity contribution >= 4 is 27.5 Å². The smallest absolute Gasteiger partial charge is 0.244 e. The van der Waals surface area contributed by atoms with Gasteiger partial charge in [-0.1, -0.05) is 19.8 Å². The molecule has 2 unspecified atom stereocenters. The molecule has 5 heteroatoms. The zero-order valence-corrected chi connectivity index (χ0v) is 13.0. The average Bonchev–Trinajstić information content (AvgIpc) is 2.33. The summed E-state index contributed by atoms with van der Waals surface area (Å²) < 4.78 is 0.791. The lowest BCUT2D eigenvalue weighted by molar-refractivity contribution is -0.122. The molecule has 2 atom stereocenters. The number of nitrogens with zero attached hydrogens (tertiary/aromatic N) is 1. The first-order valence-electron chi connectivity index (χ1n) is 6.63. The summed E-state index contributed by atoms with van der Waals surface area (Å²) in [4.78, 5) is 16.5. The van der Waals surface area contributed by atoms with Gasteiger partial charge in [-0.3, -0.25) is 4.79 Å². The van der Waals surface area contributed by atoms with E-state index in [4.69, 9.17) is 5.73 Å². The number of pyridine rings is 1. The number of hydrogen-bond donors (Lipinski definition) is 2. The van der Waals surface area contributed by atoms with E-state index in [1.165, 1.54) is 0 Å². The van der Waals surface area contributed by atoms with Gasteiger partial charge in [-0.25, -0.2) is 4.98 Å². The summed E-state index contributed by atoms with van der Waals surface area (Å²) in [7, 11) is 0. The highest BCUT2D eigenvalue weighted by Gasteiger charge is 2.37. The maximum atomic E-state index is 12.4. The molecule has 104 valence electrons. The molecule has 3 N–H and O–H groups in total. The van der Waals surface area contributed by atoms with Crippen LogP contribution in [0.15, 0.2) is 16.9 Å². The number of halogens is 1. The number of aryl methyl sites for hydroxylation is 1. The highest BCUT2D eigenvalue weighted by molar-refractivity contribution is 9.10. The maximum Gasteiger partial charge on any atom is 0.244 e. The number of amides is 1. The normalized spacial score (nSPS) is 27.1. The van der Waals surface area contributed by atoms with E-state index in [-0.39, 0.29) is 5.91 Å². The molecular formula is C14H20BrN3O. The molecule has 4 nitrogen and oxygen atoms in total. The Morgan fingerprint density at radius 2 is 2.37 bits per heavy atom. The summed E-state index contributed by atoms with van der Waals surface area (Å²) in [6.07, 6.45) is 5.33. The molecule has 0 aromatic carbocycles. The fraction of sp³-hybridized carbons (Fsp3) is 0.571. The van der Waals surface area contributed by atoms with Crippen LogP contribution < -0.4 is 11.1 Å². The Morgan fingerprint density at radius 3 is 3.00 bits per heavy atom. The van der Waals surface area contributed by atoms with Crippen LogP contribution >= 0.6 is 15.9 Å². The Kier molecular flexibility index (Phi) is 4.26. The fourth-order valence-electron chi connectivity index (χ4n) is 2.68. The molecular weight excluding hydrogens is 306 g/mol. The van der Waals surface area contributed by atoms with Crippen molar-refractivity contribution in [3.05, 3.63) is 22.4 Å². The number of nitrogens with two attached hydrogens (primary N) is 1. The van der Waals surface area contributed by atoms with Crippen LogP contribution in [0.2, 0.25) is 0 Å². The van der Waals surface area contributed by atoms with Crippen molar-refractivity contribution in [2.24, 2.45) is 11.7 Å². The van der Waals surface area contributed by atoms with E-state index < -0.39 is 5.54 Å². The van der Waals surface area contributed by atoms with E-state index in [9.17, 15) is 4.79 Å². The molecule has 1 aliphatic carbocycles. The van der Waals surface area contributed by atoms with E-state index in [0.29, 0.717) is 11.6 Å². The van der Waals surface area contributed by atoms with Gasteiger partial charge in [0, 0.05) is 0 Å². The minimum atomic E-state index is -0.737. The molecule has 0 saturated heterocycles. The molecule has 0 bridgehead atoms. The number of anilines is 1. The third-order valence-electron chi connectivity index (χ3n) is 3.76. The highest BCUT2D eigenvalue weighted by Crippen LogP contribution is 2.31. The Morgan fingerprint density at radius 1 is 1.63 bits per heavy atom. The van der Waals surface area contributed by atoms with Crippen LogP contribution in [0.4, 0.5) is 5.69 Å². The van der Waals surface area contributed by atoms with Gasteiger partial charge in [0.2, 0.25) is 5.91 Å². The second-order valence-corrected chi connectivity index (χ2v) is 6.39. The number of rotatable bonds is 2. The third kappa shape index (κ3) is 3.34. The Hall–Kier alpha value is -0.940. The standard InChI is InChI=1S/C14H20BrN3O/c1-9-4-3-5-14(16,7-9)13(19)18-11-6-10(2)12(15)17-8-11/h6,8-9H,3-5,7,16H2,1-2H3,(H,18,19). The molecule has 0 spiro atoms. The van der Waals surface area contributed by atoms with Crippen molar-refractivity contribution < 1.29 is 4.79 Å². The first kappa shape index (κ1) is 14.5. The lowest BCUT2D eigenvalue weighted by Gasteiger charge is -2.35. The minimum absolute atomic E-state index is 0.0948. The van der Waals surface area contributed by atoms with E-state index in [0.717, 1.165) is 35.8 Å². The summed E-state index contributed by atoms with van der Waals surface area (Å²) in [5, 5.41) is 2.89. The van der Waals surface area contributed by atoms with Gasteiger partial charge in [0.05, 0.1) is 17.4 Å². The lowest BCUT2D eigenvalue weighted by atomic mass is 9.76. The predicted octanol–water partition coefficient (Wildman–Crippen LogP) is 3.00. The number of carbonyl (C=O) groups excluding carboxylic acids is 1. The first-order valence-corrected chi connectivity index (χ1v) is 7.42. The van der Waals surface area contributed by atoms with Crippen molar-refractivity contribution in [2.45, 2.75) is 45.1 Å². The molecule has 1 fully saturated rings. The molecule has 1 aliphatic rings. The van der Waals surface area contributed by atoms with Crippen LogP contribution in [0.5, 0.6) is 0 Å². The molecule has 1 saturated carbocycles. The largest absolute Gasteiger partial charge is 0.323 e. The van der Waals surface area contributed by atoms with Gasteiger partial charge in [0.1, 0.15) is 4.60 Å². The van der Waals surface area contributed by atoms with Crippen LogP contribution in [0, 0.1) is 12.8 Å². The van der Waals surface area contributed by atoms with E-state index in [1.807, 2.05) is 13.0 Å². The molecule has 1 aromatic heterocycles. The topological polar surface area (TPSA) is 68.0 Å². The van der Waals surface area contributed by atoms with Crippen LogP contribution in [0.3, 0.4) is 0 Å². The quantitative estimate of drug-likeness (QED) is 0.821. The Bertz CT molecular complexity index is 492. The molecule has 0 aliphatic heterocycles. The van der Waals surface area contributed by atoms with Crippen molar-refractivity contribution in [1.29, 1.82) is 0 Å². The van der Waals surface area contributed by atoms with Gasteiger partial charge in [0.25, 0.3) is 0 Å². The van der Waals surface area contributed by atoms with E-state index >= 15 is 0 Å². The third-order valence-corrected chi connectivity index (χ3v) is 4.59. The van der Waals surface area contributed by atoms with Gasteiger partial charge in [-0.2, -0.15) is 0 Å². The summed E-state index contributed by atoms with van der Waals surface area (Å²) in [6, 6.07) is 1.89. The Labute approximate surface area is 122 Å². The summed E-state index contributed by atoms with van der Waals surface area (Å²) >= 11 is 3.34. The lowest BCUT2D eigenvalue weighted by Crippen LogP contribution is -2.53. The number of hydrogen-bond acceptors (Lipinski definition) is 3. The fourth-order valence-corrected chi connectivity index (χ4v) is 2.90. The molecule has 1 heterocycles. The number of aromatic nitrogens is 1. The monoisotopic (exact) mass is 325 g/mol. The first-order chi connectivity index (χ1) is 8.90. The molecule has 1 aromatic rings. The van der Waals surface area contributed by atoms with Gasteiger partial charge in [-0.05, 0) is 53.2 Å². The van der Waals surface area contributed by atoms with Gasteiger partial charge in [-0.15, -0.1) is 0 Å². The highest BCUT2D eigenvalue weighted by atomic mass is 79.9. The minimum Gasteiger partial charge on any atom is -0.323 e. The zero-order chi connectivity index (χ0) is 14.0. The zero-order valence-electron chi connectivity index (χ0n) is 11.4. The van der Waals surface area contributed by atoms with Crippen molar-refractivity contribution in [3.63, 3.8) is 0 Å². The SMILES string of the molecule is Cc1cc(NC(=O)C2(N)CCCC(C)C2)cnc1Br.